The third-order valence-corrected chi connectivity index (χ3v) is 4.88. The molecule has 114 valence electrons. The van der Waals surface area contributed by atoms with Gasteiger partial charge in [-0.15, -0.1) is 0 Å². The minimum absolute atomic E-state index is 0.132. The number of nitrogens with two attached hydrogens (primary N) is 1. The van der Waals surface area contributed by atoms with E-state index < -0.39 is 10.0 Å². The highest BCUT2D eigenvalue weighted by Gasteiger charge is 2.18. The first kappa shape index (κ1) is 16.7. The van der Waals surface area contributed by atoms with E-state index in [1.807, 2.05) is 6.92 Å². The van der Waals surface area contributed by atoms with E-state index in [-0.39, 0.29) is 17.4 Å². The van der Waals surface area contributed by atoms with Gasteiger partial charge in [-0.25, -0.2) is 12.7 Å². The summed E-state index contributed by atoms with van der Waals surface area (Å²) in [5.74, 6) is 0.272. The van der Waals surface area contributed by atoms with Crippen LogP contribution in [0, 0.1) is 5.92 Å². The van der Waals surface area contributed by atoms with Gasteiger partial charge in [0.2, 0.25) is 10.0 Å². The van der Waals surface area contributed by atoms with Gasteiger partial charge >= 0.3 is 0 Å². The number of aliphatic hydroxyl groups excluding tert-OH is 1. The molecule has 0 spiro atoms. The molecule has 1 atom stereocenters. The van der Waals surface area contributed by atoms with Crippen LogP contribution < -0.4 is 11.1 Å². The van der Waals surface area contributed by atoms with Gasteiger partial charge in [-0.05, 0) is 30.5 Å². The minimum atomic E-state index is -3.47. The summed E-state index contributed by atoms with van der Waals surface area (Å²) in [6.07, 6.45) is 0.683. The zero-order valence-corrected chi connectivity index (χ0v) is 12.9. The fraction of sp³-hybridized carbons (Fsp3) is 0.538. The minimum Gasteiger partial charge on any atom is -0.397 e. The van der Waals surface area contributed by atoms with Crippen LogP contribution in [-0.4, -0.2) is 45.1 Å². The van der Waals surface area contributed by atoms with Crippen LogP contribution in [0.15, 0.2) is 23.1 Å². The SMILES string of the molecule is CC(CCO)CNc1cc(S(=O)(=O)N(C)C)ccc1N. The second-order valence-electron chi connectivity index (χ2n) is 5.03. The van der Waals surface area contributed by atoms with Crippen molar-refractivity contribution in [3.63, 3.8) is 0 Å². The first-order valence-electron chi connectivity index (χ1n) is 6.45. The Morgan fingerprint density at radius 2 is 2.05 bits per heavy atom. The molecule has 1 rings (SSSR count). The Labute approximate surface area is 120 Å². The number of hydrogen-bond donors (Lipinski definition) is 3. The molecule has 0 saturated carbocycles. The first-order valence-corrected chi connectivity index (χ1v) is 7.89. The average molecular weight is 301 g/mol. The molecule has 0 aliphatic rings. The molecule has 0 aliphatic carbocycles. The van der Waals surface area contributed by atoms with Crippen LogP contribution in [0.3, 0.4) is 0 Å². The Kier molecular flexibility index (Phi) is 5.79. The van der Waals surface area contributed by atoms with Crippen molar-refractivity contribution in [2.45, 2.75) is 18.2 Å². The van der Waals surface area contributed by atoms with E-state index in [2.05, 4.69) is 5.32 Å². The van der Waals surface area contributed by atoms with Gasteiger partial charge in [-0.2, -0.15) is 0 Å². The maximum Gasteiger partial charge on any atom is 0.242 e. The molecule has 0 amide bonds. The Hall–Kier alpha value is -1.31. The zero-order chi connectivity index (χ0) is 15.3. The Bertz CT molecular complexity index is 544. The van der Waals surface area contributed by atoms with Crippen LogP contribution in [0.2, 0.25) is 0 Å². The summed E-state index contributed by atoms with van der Waals surface area (Å²) in [5.41, 5.74) is 6.94. The fourth-order valence-electron chi connectivity index (χ4n) is 1.67. The molecule has 1 aromatic rings. The number of hydrogen-bond acceptors (Lipinski definition) is 5. The summed E-state index contributed by atoms with van der Waals surface area (Å²) in [5, 5.41) is 12.0. The van der Waals surface area contributed by atoms with Gasteiger partial charge in [-0.1, -0.05) is 6.92 Å². The highest BCUT2D eigenvalue weighted by molar-refractivity contribution is 7.89. The molecule has 0 aromatic heterocycles. The monoisotopic (exact) mass is 301 g/mol. The Morgan fingerprint density at radius 3 is 2.60 bits per heavy atom. The number of anilines is 2. The number of aliphatic hydroxyl groups is 1. The zero-order valence-electron chi connectivity index (χ0n) is 12.1. The second kappa shape index (κ2) is 6.92. The molecular weight excluding hydrogens is 278 g/mol. The van der Waals surface area contributed by atoms with Crippen molar-refractivity contribution in [3.8, 4) is 0 Å². The molecule has 0 radical (unpaired) electrons. The van der Waals surface area contributed by atoms with Crippen LogP contribution >= 0.6 is 0 Å². The van der Waals surface area contributed by atoms with Gasteiger partial charge in [0, 0.05) is 27.2 Å². The third kappa shape index (κ3) is 4.09. The van der Waals surface area contributed by atoms with E-state index in [0.717, 1.165) is 4.31 Å². The van der Waals surface area contributed by atoms with Crippen molar-refractivity contribution in [1.29, 1.82) is 0 Å². The van der Waals surface area contributed by atoms with Gasteiger partial charge in [0.25, 0.3) is 0 Å². The van der Waals surface area contributed by atoms with Crippen molar-refractivity contribution in [3.05, 3.63) is 18.2 Å². The summed E-state index contributed by atoms with van der Waals surface area (Å²) in [4.78, 5) is 0.203. The van der Waals surface area contributed by atoms with E-state index in [1.54, 1.807) is 6.07 Å². The Balaban J connectivity index is 2.93. The van der Waals surface area contributed by atoms with Crippen LogP contribution in [-0.2, 0) is 10.0 Å². The van der Waals surface area contributed by atoms with E-state index >= 15 is 0 Å². The van der Waals surface area contributed by atoms with E-state index in [0.29, 0.717) is 24.3 Å². The molecule has 1 aromatic carbocycles. The van der Waals surface area contributed by atoms with Crippen molar-refractivity contribution in [2.75, 3.05) is 38.3 Å². The molecule has 0 saturated heterocycles. The molecule has 7 heteroatoms. The molecule has 0 fully saturated rings. The van der Waals surface area contributed by atoms with Gasteiger partial charge in [0.1, 0.15) is 0 Å². The number of nitrogen functional groups attached to an aromatic ring is 1. The van der Waals surface area contributed by atoms with E-state index in [4.69, 9.17) is 10.8 Å². The Morgan fingerprint density at radius 1 is 1.40 bits per heavy atom. The van der Waals surface area contributed by atoms with Crippen molar-refractivity contribution < 1.29 is 13.5 Å². The quantitative estimate of drug-likeness (QED) is 0.652. The van der Waals surface area contributed by atoms with Gasteiger partial charge in [0.05, 0.1) is 16.3 Å². The van der Waals surface area contributed by atoms with Crippen LogP contribution in [0.25, 0.3) is 0 Å². The van der Waals surface area contributed by atoms with Crippen molar-refractivity contribution in [2.24, 2.45) is 5.92 Å². The topological polar surface area (TPSA) is 95.7 Å². The molecule has 6 nitrogen and oxygen atoms in total. The third-order valence-electron chi connectivity index (χ3n) is 3.07. The maximum absolute atomic E-state index is 12.1. The van der Waals surface area contributed by atoms with Gasteiger partial charge < -0.3 is 16.2 Å². The summed E-state index contributed by atoms with van der Waals surface area (Å²) >= 11 is 0. The highest BCUT2D eigenvalue weighted by Crippen LogP contribution is 2.24. The predicted octanol–water partition coefficient (Wildman–Crippen LogP) is 0.949. The van der Waals surface area contributed by atoms with Crippen molar-refractivity contribution in [1.82, 2.24) is 4.31 Å². The van der Waals surface area contributed by atoms with Crippen LogP contribution in [0.1, 0.15) is 13.3 Å². The smallest absolute Gasteiger partial charge is 0.242 e. The normalized spacial score (nSPS) is 13.4. The summed E-state index contributed by atoms with van der Waals surface area (Å²) in [6, 6.07) is 4.61. The lowest BCUT2D eigenvalue weighted by atomic mass is 10.1. The lowest BCUT2D eigenvalue weighted by molar-refractivity contribution is 0.266. The summed E-state index contributed by atoms with van der Waals surface area (Å²) < 4.78 is 25.3. The molecule has 1 unspecified atom stereocenters. The lowest BCUT2D eigenvalue weighted by Gasteiger charge is -2.16. The van der Waals surface area contributed by atoms with Crippen LogP contribution in [0.4, 0.5) is 11.4 Å². The molecular formula is C13H23N3O3S. The number of rotatable bonds is 7. The van der Waals surface area contributed by atoms with Gasteiger partial charge in [-0.3, -0.25) is 0 Å². The van der Waals surface area contributed by atoms with E-state index in [9.17, 15) is 8.42 Å². The molecule has 0 aliphatic heterocycles. The fourth-order valence-corrected chi connectivity index (χ4v) is 2.59. The molecule has 20 heavy (non-hydrogen) atoms. The first-order chi connectivity index (χ1) is 9.28. The summed E-state index contributed by atoms with van der Waals surface area (Å²) in [6.45, 7) is 2.75. The predicted molar refractivity (Wildman–Crippen MR) is 81.1 cm³/mol. The lowest BCUT2D eigenvalue weighted by Crippen LogP contribution is -2.22. The number of benzene rings is 1. The second-order valence-corrected chi connectivity index (χ2v) is 7.19. The molecule has 0 heterocycles. The summed E-state index contributed by atoms with van der Waals surface area (Å²) in [7, 11) is -0.491. The van der Waals surface area contributed by atoms with Crippen LogP contribution in [0.5, 0.6) is 0 Å². The molecule has 4 N–H and O–H groups in total. The standard InChI is InChI=1S/C13H23N3O3S/c1-10(6-7-17)9-15-13-8-11(4-5-12(13)14)20(18,19)16(2)3/h4-5,8,10,15,17H,6-7,9,14H2,1-3H3. The average Bonchev–Trinajstić information content (AvgIpc) is 2.37. The van der Waals surface area contributed by atoms with Gasteiger partial charge in [0.15, 0.2) is 0 Å². The highest BCUT2D eigenvalue weighted by atomic mass is 32.2. The van der Waals surface area contributed by atoms with E-state index in [1.165, 1.54) is 26.2 Å². The van der Waals surface area contributed by atoms with Crippen molar-refractivity contribution >= 4 is 21.4 Å². The number of sulfonamides is 1. The maximum atomic E-state index is 12.1. The molecule has 0 bridgehead atoms. The number of nitrogens with zero attached hydrogens (tertiary/aromatic N) is 1. The number of nitrogens with one attached hydrogen (secondary N) is 1. The largest absolute Gasteiger partial charge is 0.397 e.